The predicted molar refractivity (Wildman–Crippen MR) is 100 cm³/mol. The number of imidazole rings is 1. The molecule has 0 spiro atoms. The molecule has 1 amide bonds. The number of benzene rings is 1. The van der Waals surface area contributed by atoms with E-state index in [1.807, 2.05) is 35.2 Å². The van der Waals surface area contributed by atoms with Gasteiger partial charge < -0.3 is 9.47 Å². The summed E-state index contributed by atoms with van der Waals surface area (Å²) < 4.78 is 28.8. The summed E-state index contributed by atoms with van der Waals surface area (Å²) in [5, 5.41) is 0.0840. The molecule has 0 radical (unpaired) electrons. The number of aromatic nitrogens is 2. The zero-order valence-corrected chi connectivity index (χ0v) is 16.2. The van der Waals surface area contributed by atoms with Crippen molar-refractivity contribution < 1.29 is 13.2 Å². The Morgan fingerprint density at radius 1 is 1.07 bits per heavy atom. The van der Waals surface area contributed by atoms with Crippen molar-refractivity contribution >= 4 is 15.9 Å². The second kappa shape index (κ2) is 6.61. The van der Waals surface area contributed by atoms with Gasteiger partial charge in [-0.25, -0.2) is 13.4 Å². The van der Waals surface area contributed by atoms with Gasteiger partial charge in [0, 0.05) is 39.4 Å². The zero-order chi connectivity index (χ0) is 19.2. The zero-order valence-electron chi connectivity index (χ0n) is 15.4. The molecule has 3 heterocycles. The summed E-state index contributed by atoms with van der Waals surface area (Å²) in [6, 6.07) is 9.66. The Labute approximate surface area is 159 Å². The number of nitrogens with zero attached hydrogens (tertiary/aromatic N) is 4. The molecule has 2 aliphatic rings. The molecule has 27 heavy (non-hydrogen) atoms. The Balaban J connectivity index is 1.40. The highest BCUT2D eigenvalue weighted by molar-refractivity contribution is 7.89. The normalized spacial score (nSPS) is 17.6. The number of carbonyl (C=O) groups is 1. The van der Waals surface area contributed by atoms with Crippen molar-refractivity contribution in [3.8, 4) is 0 Å². The van der Waals surface area contributed by atoms with Crippen molar-refractivity contribution in [3.63, 3.8) is 0 Å². The smallest absolute Gasteiger partial charge is 0.262 e. The molecule has 2 aliphatic heterocycles. The first-order valence-corrected chi connectivity index (χ1v) is 10.3. The standard InChI is InChI=1S/C19H22N4O3S/c1-14-20-18(13-21(14)2)27(25,26)23-11-16-9-22(10-17(16)12-23)19(24)8-15-6-4-3-5-7-15/h3-7,13H,8-12H2,1-2H3. The first kappa shape index (κ1) is 17.9. The molecule has 0 unspecified atom stereocenters. The van der Waals surface area contributed by atoms with E-state index >= 15 is 0 Å². The minimum Gasteiger partial charge on any atom is -0.337 e. The monoisotopic (exact) mass is 386 g/mol. The van der Waals surface area contributed by atoms with Crippen LogP contribution in [0.25, 0.3) is 0 Å². The Bertz CT molecular complexity index is 987. The Morgan fingerprint density at radius 2 is 1.70 bits per heavy atom. The fourth-order valence-electron chi connectivity index (χ4n) is 3.56. The number of aryl methyl sites for hydroxylation is 2. The van der Waals surface area contributed by atoms with Crippen molar-refractivity contribution in [2.24, 2.45) is 7.05 Å². The van der Waals surface area contributed by atoms with Crippen LogP contribution in [0.3, 0.4) is 0 Å². The van der Waals surface area contributed by atoms with E-state index in [2.05, 4.69) is 4.98 Å². The summed E-state index contributed by atoms with van der Waals surface area (Å²) in [4.78, 5) is 18.5. The number of amides is 1. The van der Waals surface area contributed by atoms with Crippen molar-refractivity contribution in [2.45, 2.75) is 18.4 Å². The molecule has 7 nitrogen and oxygen atoms in total. The number of rotatable bonds is 4. The molecule has 142 valence electrons. The van der Waals surface area contributed by atoms with E-state index in [1.54, 1.807) is 24.7 Å². The van der Waals surface area contributed by atoms with E-state index in [4.69, 9.17) is 0 Å². The maximum absolute atomic E-state index is 12.8. The van der Waals surface area contributed by atoms with Gasteiger partial charge in [-0.2, -0.15) is 4.31 Å². The molecule has 0 N–H and O–H groups in total. The highest BCUT2D eigenvalue weighted by Crippen LogP contribution is 2.30. The van der Waals surface area contributed by atoms with Crippen molar-refractivity contribution in [3.05, 3.63) is 59.1 Å². The lowest BCUT2D eigenvalue weighted by molar-refractivity contribution is -0.129. The van der Waals surface area contributed by atoms with Crippen LogP contribution in [0.1, 0.15) is 11.4 Å². The van der Waals surface area contributed by atoms with Gasteiger partial charge in [0.2, 0.25) is 5.91 Å². The lowest BCUT2D eigenvalue weighted by atomic mass is 10.1. The number of carbonyl (C=O) groups excluding carboxylic acids is 1. The van der Waals surface area contributed by atoms with E-state index in [-0.39, 0.29) is 10.9 Å². The molecule has 0 bridgehead atoms. The maximum Gasteiger partial charge on any atom is 0.262 e. The van der Waals surface area contributed by atoms with Crippen LogP contribution in [0, 0.1) is 6.92 Å². The minimum absolute atomic E-state index is 0.0744. The highest BCUT2D eigenvalue weighted by atomic mass is 32.2. The molecule has 0 fully saturated rings. The molecule has 0 atom stereocenters. The Hall–Kier alpha value is -2.45. The van der Waals surface area contributed by atoms with Crippen LogP contribution < -0.4 is 0 Å². The number of hydrogen-bond donors (Lipinski definition) is 0. The summed E-state index contributed by atoms with van der Waals surface area (Å²) in [6.45, 7) is 3.46. The van der Waals surface area contributed by atoms with Crippen LogP contribution in [0.5, 0.6) is 0 Å². The van der Waals surface area contributed by atoms with Gasteiger partial charge in [0.15, 0.2) is 5.03 Å². The lowest BCUT2D eigenvalue weighted by Crippen LogP contribution is -2.37. The van der Waals surface area contributed by atoms with E-state index < -0.39 is 10.0 Å². The summed E-state index contributed by atoms with van der Waals surface area (Å²) >= 11 is 0. The van der Waals surface area contributed by atoms with Gasteiger partial charge in [0.25, 0.3) is 10.0 Å². The second-order valence-electron chi connectivity index (χ2n) is 7.13. The SMILES string of the molecule is Cc1nc(S(=O)(=O)N2CC3=C(CN(C(=O)Cc4ccccc4)C3)C2)cn1C. The maximum atomic E-state index is 12.8. The van der Waals surface area contributed by atoms with E-state index in [1.165, 1.54) is 4.31 Å². The largest absolute Gasteiger partial charge is 0.337 e. The highest BCUT2D eigenvalue weighted by Gasteiger charge is 2.38. The van der Waals surface area contributed by atoms with Crippen LogP contribution >= 0.6 is 0 Å². The molecule has 0 saturated heterocycles. The molecule has 1 aromatic heterocycles. The first-order valence-electron chi connectivity index (χ1n) is 8.86. The summed E-state index contributed by atoms with van der Waals surface area (Å²) in [7, 11) is -1.83. The van der Waals surface area contributed by atoms with Crippen molar-refractivity contribution in [1.82, 2.24) is 18.8 Å². The third-order valence-electron chi connectivity index (χ3n) is 5.24. The molecule has 8 heteroatoms. The lowest BCUT2D eigenvalue weighted by Gasteiger charge is -2.22. The number of sulfonamides is 1. The third-order valence-corrected chi connectivity index (χ3v) is 6.90. The topological polar surface area (TPSA) is 75.5 Å². The van der Waals surface area contributed by atoms with Crippen LogP contribution in [0.2, 0.25) is 0 Å². The number of hydrogen-bond acceptors (Lipinski definition) is 4. The molecule has 2 aromatic rings. The molecular weight excluding hydrogens is 364 g/mol. The van der Waals surface area contributed by atoms with E-state index in [9.17, 15) is 13.2 Å². The Morgan fingerprint density at radius 3 is 2.26 bits per heavy atom. The fraction of sp³-hybridized carbons (Fsp3) is 0.368. The quantitative estimate of drug-likeness (QED) is 0.738. The van der Waals surface area contributed by atoms with Gasteiger partial charge in [-0.05, 0) is 23.6 Å². The summed E-state index contributed by atoms with van der Waals surface area (Å²) in [5.74, 6) is 0.733. The van der Waals surface area contributed by atoms with E-state index in [0.717, 1.165) is 16.7 Å². The van der Waals surface area contributed by atoms with Gasteiger partial charge in [-0.15, -0.1) is 0 Å². The van der Waals surface area contributed by atoms with Crippen molar-refractivity contribution in [2.75, 3.05) is 26.2 Å². The third kappa shape index (κ3) is 3.30. The average molecular weight is 386 g/mol. The average Bonchev–Trinajstić information content (AvgIpc) is 3.30. The molecule has 1 aromatic carbocycles. The summed E-state index contributed by atoms with van der Waals surface area (Å²) in [5.41, 5.74) is 3.06. The van der Waals surface area contributed by atoms with E-state index in [0.29, 0.717) is 38.4 Å². The van der Waals surface area contributed by atoms with Crippen LogP contribution in [0.4, 0.5) is 0 Å². The molecular formula is C19H22N4O3S. The minimum atomic E-state index is -3.61. The molecule has 0 saturated carbocycles. The van der Waals surface area contributed by atoms with Crippen molar-refractivity contribution in [1.29, 1.82) is 0 Å². The predicted octanol–water partition coefficient (Wildman–Crippen LogP) is 1.11. The van der Waals surface area contributed by atoms with Gasteiger partial charge in [-0.1, -0.05) is 30.3 Å². The van der Waals surface area contributed by atoms with Gasteiger partial charge in [0.1, 0.15) is 5.82 Å². The van der Waals surface area contributed by atoms with Gasteiger partial charge in [-0.3, -0.25) is 4.79 Å². The van der Waals surface area contributed by atoms with Gasteiger partial charge >= 0.3 is 0 Å². The summed E-state index contributed by atoms with van der Waals surface area (Å²) in [6.07, 6.45) is 1.92. The Kier molecular flexibility index (Phi) is 4.39. The molecule has 0 aliphatic carbocycles. The molecule has 4 rings (SSSR count). The van der Waals surface area contributed by atoms with Gasteiger partial charge in [0.05, 0.1) is 6.42 Å². The second-order valence-corrected chi connectivity index (χ2v) is 9.01. The fourth-order valence-corrected chi connectivity index (χ4v) is 5.01. The van der Waals surface area contributed by atoms with Crippen LogP contribution in [-0.2, 0) is 28.3 Å². The van der Waals surface area contributed by atoms with Crippen LogP contribution in [0.15, 0.2) is 52.7 Å². The van der Waals surface area contributed by atoms with Crippen LogP contribution in [-0.4, -0.2) is 59.3 Å². The first-order chi connectivity index (χ1) is 12.8.